The fraction of sp³-hybridized carbons (Fsp3) is 0.938. The molecule has 0 aromatic heterocycles. The Morgan fingerprint density at radius 3 is 2.39 bits per heavy atom. The zero-order valence-electron chi connectivity index (χ0n) is 38.9. The van der Waals surface area contributed by atoms with Gasteiger partial charge in [-0.25, -0.2) is 16.3 Å². The van der Waals surface area contributed by atoms with Gasteiger partial charge in [0.25, 0.3) is 0 Å². The molecule has 13 nitrogen and oxygen atoms in total. The number of nitrogens with one attached hydrogen (secondary N) is 6. The van der Waals surface area contributed by atoms with Crippen molar-refractivity contribution in [2.75, 3.05) is 40.5 Å². The summed E-state index contributed by atoms with van der Waals surface area (Å²) >= 11 is 2.13. The highest BCUT2D eigenvalue weighted by Crippen LogP contribution is 2.52. The summed E-state index contributed by atoms with van der Waals surface area (Å²) < 4.78 is 17.7. The third kappa shape index (κ3) is 11.1. The van der Waals surface area contributed by atoms with Crippen molar-refractivity contribution in [1.82, 2.24) is 37.2 Å². The molecule has 7 fully saturated rings. The number of hydrazine groups is 2. The van der Waals surface area contributed by atoms with Crippen LogP contribution in [0.2, 0.25) is 0 Å². The largest absolute Gasteiger partial charge is 0.385 e. The summed E-state index contributed by atoms with van der Waals surface area (Å²) in [6.07, 6.45) is 22.2. The molecule has 4 aliphatic heterocycles. The van der Waals surface area contributed by atoms with E-state index in [2.05, 4.69) is 75.8 Å². The van der Waals surface area contributed by atoms with Gasteiger partial charge >= 0.3 is 0 Å². The maximum absolute atomic E-state index is 13.4. The second-order valence-corrected chi connectivity index (χ2v) is 22.6. The number of aliphatic imine (C=N–C) groups is 1. The quantitative estimate of drug-likeness (QED) is 0.113. The zero-order valence-corrected chi connectivity index (χ0v) is 39.7. The fourth-order valence-corrected chi connectivity index (χ4v) is 15.0. The minimum Gasteiger partial charge on any atom is -0.385 e. The van der Waals surface area contributed by atoms with Crippen LogP contribution < -0.4 is 32.3 Å². The van der Waals surface area contributed by atoms with Gasteiger partial charge in [0.2, 0.25) is 5.91 Å². The molecule has 11 atom stereocenters. The predicted molar refractivity (Wildman–Crippen MR) is 247 cm³/mol. The van der Waals surface area contributed by atoms with Crippen molar-refractivity contribution in [3.05, 3.63) is 0 Å². The number of thioether (sulfide) groups is 1. The minimum atomic E-state index is -0.186. The summed E-state index contributed by atoms with van der Waals surface area (Å²) in [5.41, 5.74) is 16.0. The summed E-state index contributed by atoms with van der Waals surface area (Å²) in [6.45, 7) is 11.0. The predicted octanol–water partition coefficient (Wildman–Crippen LogP) is 6.01. The van der Waals surface area contributed by atoms with Crippen LogP contribution in [0, 0.1) is 52.3 Å². The first-order valence-corrected chi connectivity index (χ1v) is 26.2. The summed E-state index contributed by atoms with van der Waals surface area (Å²) in [7, 11) is 3.51. The highest BCUT2D eigenvalue weighted by Gasteiger charge is 2.49. The maximum Gasteiger partial charge on any atom is 0.238 e. The number of methoxy groups -OCH3 is 2. The number of carbonyl (C=O) groups excluding carboxylic acids is 1. The van der Waals surface area contributed by atoms with E-state index in [9.17, 15) is 10.1 Å². The molecule has 3 saturated heterocycles. The Labute approximate surface area is 378 Å². The molecule has 1 amide bonds. The van der Waals surface area contributed by atoms with Crippen LogP contribution in [0.1, 0.15) is 143 Å². The number of nitrogens with zero attached hydrogens (tertiary/aromatic N) is 3. The lowest BCUT2D eigenvalue weighted by atomic mass is 9.63. The van der Waals surface area contributed by atoms with Crippen LogP contribution in [0.5, 0.6) is 0 Å². The number of likely N-dealkylation sites (tertiary alicyclic amines) is 1. The van der Waals surface area contributed by atoms with E-state index in [1.54, 1.807) is 7.11 Å². The third-order valence-electron chi connectivity index (χ3n) is 17.4. The molecule has 1 spiro atoms. The Morgan fingerprint density at radius 1 is 0.935 bits per heavy atom. The SMILES string of the molecule is CCNNC1NC2SC(C)C(C)C2C(C2CCC(C3CCC4(CC3)CCN(C3CCC(C(=O)NC5CCC(OC6CCC(C#N)C(OC)C6)CC5)NN3)C4)CC2)=N[C@H]1CCOC. The van der Waals surface area contributed by atoms with Crippen molar-refractivity contribution < 1.29 is 19.0 Å². The Balaban J connectivity index is 0.750. The Hall–Kier alpha value is -1.38. The van der Waals surface area contributed by atoms with Crippen LogP contribution in [0.25, 0.3) is 0 Å². The van der Waals surface area contributed by atoms with Gasteiger partial charge in [0.05, 0.1) is 54.0 Å². The highest BCUT2D eigenvalue weighted by molar-refractivity contribution is 8.00. The Bertz CT molecular complexity index is 1500. The van der Waals surface area contributed by atoms with Crippen LogP contribution in [-0.2, 0) is 19.0 Å². The fourth-order valence-electron chi connectivity index (χ4n) is 13.3. The molecular weight excluding hydrogens is 799 g/mol. The van der Waals surface area contributed by atoms with Crippen molar-refractivity contribution in [1.29, 1.82) is 5.26 Å². The standard InChI is InChI=1S/C48H83N9O4S/c1-6-50-56-45-39(21-26-59-4)52-44(43-30(2)31(3)62-47(43)53-45)34-9-7-32(8-10-34)33-19-22-48(23-20-33)24-25-57(29-48)42-18-17-40(54-55-42)46(58)51-36-12-15-37(16-13-36)61-38-14-11-35(28-49)41(27-38)60-5/h30-43,45,47,50,53-56H,6-27,29H2,1-5H3,(H,51,58)/t30?,31?,32?,33?,34?,35?,36?,37?,38?,39-,40?,41?,42?,43?,45?,47?,48?/m0/s1. The average Bonchev–Trinajstić information content (AvgIpc) is 3.79. The van der Waals surface area contributed by atoms with Gasteiger partial charge in [-0.15, -0.1) is 11.8 Å². The Kier molecular flexibility index (Phi) is 16.7. The van der Waals surface area contributed by atoms with E-state index in [0.717, 1.165) is 95.7 Å². The molecule has 0 radical (unpaired) electrons. The van der Waals surface area contributed by atoms with Gasteiger partial charge in [-0.3, -0.25) is 25.4 Å². The third-order valence-corrected chi connectivity index (χ3v) is 19.0. The summed E-state index contributed by atoms with van der Waals surface area (Å²) in [4.78, 5) is 21.8. The number of hydrogen-bond donors (Lipinski definition) is 6. The molecule has 4 aliphatic carbocycles. The second kappa shape index (κ2) is 21.9. The minimum absolute atomic E-state index is 0.0250. The van der Waals surface area contributed by atoms with Crippen LogP contribution in [-0.4, -0.2) is 116 Å². The molecule has 62 heavy (non-hydrogen) atoms. The number of ether oxygens (including phenoxy) is 3. The number of hydrogen-bond acceptors (Lipinski definition) is 13. The molecule has 8 rings (SSSR count). The first kappa shape index (κ1) is 47.1. The van der Waals surface area contributed by atoms with E-state index >= 15 is 0 Å². The molecule has 0 bridgehead atoms. The van der Waals surface area contributed by atoms with Gasteiger partial charge < -0.3 is 19.5 Å². The lowest BCUT2D eigenvalue weighted by molar-refractivity contribution is -0.126. The first-order valence-electron chi connectivity index (χ1n) is 25.3. The zero-order chi connectivity index (χ0) is 43.2. The van der Waals surface area contributed by atoms with Gasteiger partial charge in [-0.1, -0.05) is 20.8 Å². The molecular formula is C48H83N9O4S. The number of rotatable bonds is 14. The molecule has 0 aromatic rings. The molecule has 14 heteroatoms. The number of nitriles is 1. The van der Waals surface area contributed by atoms with E-state index in [1.807, 2.05) is 7.11 Å². The van der Waals surface area contributed by atoms with Gasteiger partial charge in [0.1, 0.15) is 6.04 Å². The van der Waals surface area contributed by atoms with E-state index < -0.39 is 0 Å². The molecule has 4 saturated carbocycles. The first-order chi connectivity index (χ1) is 30.2. The van der Waals surface area contributed by atoms with Crippen molar-refractivity contribution >= 4 is 23.4 Å². The second-order valence-electron chi connectivity index (χ2n) is 21.0. The lowest BCUT2D eigenvalue weighted by Crippen LogP contribution is -2.62. The Morgan fingerprint density at radius 2 is 1.69 bits per heavy atom. The van der Waals surface area contributed by atoms with Gasteiger partial charge in [-0.2, -0.15) is 5.26 Å². The monoisotopic (exact) mass is 882 g/mol. The summed E-state index contributed by atoms with van der Waals surface area (Å²) in [5.74, 6) is 3.58. The smallest absolute Gasteiger partial charge is 0.238 e. The topological polar surface area (TPSA) is 156 Å². The van der Waals surface area contributed by atoms with E-state index in [1.165, 1.54) is 70.0 Å². The van der Waals surface area contributed by atoms with Gasteiger partial charge in [-0.05, 0) is 145 Å². The molecule has 8 aliphatic rings. The van der Waals surface area contributed by atoms with Crippen LogP contribution in [0.4, 0.5) is 0 Å². The van der Waals surface area contributed by atoms with Crippen molar-refractivity contribution in [2.45, 2.75) is 202 Å². The maximum atomic E-state index is 13.4. The van der Waals surface area contributed by atoms with Crippen LogP contribution >= 0.6 is 11.8 Å². The van der Waals surface area contributed by atoms with Gasteiger partial charge in [0.15, 0.2) is 0 Å². The molecule has 10 unspecified atom stereocenters. The van der Waals surface area contributed by atoms with Crippen LogP contribution in [0.3, 0.4) is 0 Å². The molecule has 0 aromatic carbocycles. The number of amides is 1. The average molecular weight is 882 g/mol. The number of fused-ring (bicyclic) bond motifs is 1. The lowest BCUT2D eigenvalue weighted by Gasteiger charge is -2.43. The van der Waals surface area contributed by atoms with E-state index in [4.69, 9.17) is 19.2 Å². The summed E-state index contributed by atoms with van der Waals surface area (Å²) in [5, 5.41) is 17.8. The van der Waals surface area contributed by atoms with Crippen molar-refractivity contribution in [3.63, 3.8) is 0 Å². The van der Waals surface area contributed by atoms with Crippen molar-refractivity contribution in [2.24, 2.45) is 45.9 Å². The van der Waals surface area contributed by atoms with Gasteiger partial charge in [0, 0.05) is 69.8 Å². The molecule has 350 valence electrons. The molecule has 6 N–H and O–H groups in total. The van der Waals surface area contributed by atoms with Crippen LogP contribution in [0.15, 0.2) is 4.99 Å². The summed E-state index contributed by atoms with van der Waals surface area (Å²) in [6, 6.07) is 2.59. The molecule has 4 heterocycles. The number of carbonyl (C=O) groups is 1. The van der Waals surface area contributed by atoms with E-state index in [-0.39, 0.29) is 54.4 Å². The van der Waals surface area contributed by atoms with E-state index in [0.29, 0.717) is 40.0 Å². The normalized spacial score (nSPS) is 44.3. The van der Waals surface area contributed by atoms with Crippen molar-refractivity contribution in [3.8, 4) is 6.07 Å². The highest BCUT2D eigenvalue weighted by atomic mass is 32.2.